The summed E-state index contributed by atoms with van der Waals surface area (Å²) in [6, 6.07) is 0. The number of rotatable bonds is 13. The first-order valence-corrected chi connectivity index (χ1v) is 7.73. The number of hydrogen-bond acceptors (Lipinski definition) is 6. The van der Waals surface area contributed by atoms with Gasteiger partial charge in [0.05, 0.1) is 13.2 Å². The van der Waals surface area contributed by atoms with Crippen molar-refractivity contribution < 1.29 is 29.3 Å². The predicted octanol–water partition coefficient (Wildman–Crippen LogP) is 0.764. The fraction of sp³-hybridized carbons (Fsp3) is 0.857. The number of alkyl carbamates (subject to hydrolysis) is 2. The van der Waals surface area contributed by atoms with Crippen LogP contribution in [-0.2, 0) is 9.47 Å². The number of hydrogen-bond donors (Lipinski definition) is 4. The van der Waals surface area contributed by atoms with Gasteiger partial charge in [-0.3, -0.25) is 0 Å². The van der Waals surface area contributed by atoms with Crippen molar-refractivity contribution in [1.29, 1.82) is 0 Å². The van der Waals surface area contributed by atoms with Gasteiger partial charge in [-0.2, -0.15) is 0 Å². The van der Waals surface area contributed by atoms with E-state index in [4.69, 9.17) is 19.7 Å². The Balaban J connectivity index is 3.23. The average molecular weight is 320 g/mol. The molecule has 8 nitrogen and oxygen atoms in total. The third-order valence-corrected chi connectivity index (χ3v) is 2.71. The van der Waals surface area contributed by atoms with E-state index < -0.39 is 12.2 Å². The molecule has 0 saturated carbocycles. The minimum atomic E-state index is -0.458. The maximum absolute atomic E-state index is 11.1. The molecule has 2 amide bonds. The zero-order chi connectivity index (χ0) is 16.5. The predicted molar refractivity (Wildman–Crippen MR) is 80.6 cm³/mol. The average Bonchev–Trinajstić information content (AvgIpc) is 2.50. The van der Waals surface area contributed by atoms with Crippen LogP contribution in [0.25, 0.3) is 0 Å². The number of ether oxygens (including phenoxy) is 2. The Morgan fingerprint density at radius 2 is 1.09 bits per heavy atom. The number of amides is 2. The summed E-state index contributed by atoms with van der Waals surface area (Å²) in [4.78, 5) is 22.3. The summed E-state index contributed by atoms with van der Waals surface area (Å²) in [5.74, 6) is 0. The van der Waals surface area contributed by atoms with Gasteiger partial charge in [0.2, 0.25) is 0 Å². The lowest BCUT2D eigenvalue weighted by Gasteiger charge is -2.07. The smallest absolute Gasteiger partial charge is 0.407 e. The summed E-state index contributed by atoms with van der Waals surface area (Å²) in [5, 5.41) is 22.3. The third-order valence-electron chi connectivity index (χ3n) is 2.71. The van der Waals surface area contributed by atoms with E-state index in [1.807, 2.05) is 0 Å². The van der Waals surface area contributed by atoms with Crippen molar-refractivity contribution in [3.63, 3.8) is 0 Å². The van der Waals surface area contributed by atoms with E-state index in [1.165, 1.54) is 0 Å². The van der Waals surface area contributed by atoms with Gasteiger partial charge in [0.1, 0.15) is 0 Å². The van der Waals surface area contributed by atoms with Crippen molar-refractivity contribution >= 4 is 12.2 Å². The second kappa shape index (κ2) is 15.8. The fourth-order valence-electron chi connectivity index (χ4n) is 1.55. The number of nitrogens with one attached hydrogen (secondary N) is 2. The van der Waals surface area contributed by atoms with Crippen LogP contribution < -0.4 is 10.6 Å². The maximum Gasteiger partial charge on any atom is 0.407 e. The van der Waals surface area contributed by atoms with Crippen LogP contribution >= 0.6 is 0 Å². The van der Waals surface area contributed by atoms with Gasteiger partial charge in [-0.05, 0) is 12.8 Å². The number of unbranched alkanes of at least 4 members (excludes halogenated alkanes) is 3. The molecule has 0 aromatic heterocycles. The Morgan fingerprint density at radius 3 is 1.45 bits per heavy atom. The van der Waals surface area contributed by atoms with Crippen LogP contribution in [0.5, 0.6) is 0 Å². The molecule has 0 rings (SSSR count). The first kappa shape index (κ1) is 20.5. The van der Waals surface area contributed by atoms with Crippen LogP contribution in [0.3, 0.4) is 0 Å². The number of aliphatic hydroxyl groups is 2. The molecule has 0 bridgehead atoms. The highest BCUT2D eigenvalue weighted by Gasteiger charge is 2.01. The first-order chi connectivity index (χ1) is 10.7. The molecule has 0 aromatic carbocycles. The zero-order valence-electron chi connectivity index (χ0n) is 13.0. The van der Waals surface area contributed by atoms with E-state index in [2.05, 4.69) is 10.6 Å². The number of carbonyl (C=O) groups is 2. The van der Waals surface area contributed by atoms with Crippen LogP contribution in [0.1, 0.15) is 38.5 Å². The van der Waals surface area contributed by atoms with E-state index in [-0.39, 0.29) is 26.4 Å². The van der Waals surface area contributed by atoms with Gasteiger partial charge in [0.25, 0.3) is 0 Å². The second-order valence-corrected chi connectivity index (χ2v) is 4.69. The molecule has 8 heteroatoms. The Labute approximate surface area is 131 Å². The highest BCUT2D eigenvalue weighted by molar-refractivity contribution is 5.67. The number of aliphatic hydroxyl groups excluding tert-OH is 2. The lowest BCUT2D eigenvalue weighted by molar-refractivity contribution is 0.134. The van der Waals surface area contributed by atoms with Crippen molar-refractivity contribution in [3.8, 4) is 0 Å². The monoisotopic (exact) mass is 320 g/mol. The Kier molecular flexibility index (Phi) is 14.7. The maximum atomic E-state index is 11.1. The molecule has 0 radical (unpaired) electrons. The summed E-state index contributed by atoms with van der Waals surface area (Å²) in [6.45, 7) is 1.57. The molecule has 22 heavy (non-hydrogen) atoms. The molecule has 0 fully saturated rings. The van der Waals surface area contributed by atoms with Crippen molar-refractivity contribution in [3.05, 3.63) is 0 Å². The minimum Gasteiger partial charge on any atom is -0.449 e. The summed E-state index contributed by atoms with van der Waals surface area (Å²) in [5.41, 5.74) is 0. The summed E-state index contributed by atoms with van der Waals surface area (Å²) < 4.78 is 9.61. The summed E-state index contributed by atoms with van der Waals surface area (Å²) in [7, 11) is 0. The van der Waals surface area contributed by atoms with Crippen LogP contribution in [-0.4, -0.2) is 61.9 Å². The van der Waals surface area contributed by atoms with Gasteiger partial charge in [0.15, 0.2) is 0 Å². The van der Waals surface area contributed by atoms with Crippen LogP contribution in [0, 0.1) is 0 Å². The van der Waals surface area contributed by atoms with Crippen LogP contribution in [0.4, 0.5) is 9.59 Å². The Bertz CT molecular complexity index is 261. The van der Waals surface area contributed by atoms with Gasteiger partial charge in [-0.1, -0.05) is 12.8 Å². The molecule has 0 unspecified atom stereocenters. The lowest BCUT2D eigenvalue weighted by Crippen LogP contribution is -2.26. The van der Waals surface area contributed by atoms with Gasteiger partial charge in [-0.25, -0.2) is 9.59 Å². The summed E-state index contributed by atoms with van der Waals surface area (Å²) in [6.07, 6.45) is 3.55. The molecule has 130 valence electrons. The minimum absolute atomic E-state index is 0.0102. The molecule has 0 saturated heterocycles. The zero-order valence-corrected chi connectivity index (χ0v) is 13.0. The largest absolute Gasteiger partial charge is 0.449 e. The normalized spacial score (nSPS) is 10.1. The number of carbonyl (C=O) groups excluding carboxylic acids is 2. The molecular weight excluding hydrogens is 292 g/mol. The van der Waals surface area contributed by atoms with Crippen molar-refractivity contribution in [2.75, 3.05) is 39.5 Å². The van der Waals surface area contributed by atoms with Gasteiger partial charge < -0.3 is 30.3 Å². The van der Waals surface area contributed by atoms with E-state index >= 15 is 0 Å². The fourth-order valence-corrected chi connectivity index (χ4v) is 1.55. The second-order valence-electron chi connectivity index (χ2n) is 4.69. The van der Waals surface area contributed by atoms with E-state index in [0.717, 1.165) is 25.7 Å². The lowest BCUT2D eigenvalue weighted by atomic mass is 10.2. The van der Waals surface area contributed by atoms with Crippen molar-refractivity contribution in [2.45, 2.75) is 38.5 Å². The molecule has 0 atom stereocenters. The quantitative estimate of drug-likeness (QED) is 0.372. The topological polar surface area (TPSA) is 117 Å². The van der Waals surface area contributed by atoms with E-state index in [0.29, 0.717) is 25.9 Å². The molecule has 0 aromatic rings. The van der Waals surface area contributed by atoms with Crippen molar-refractivity contribution in [1.82, 2.24) is 10.6 Å². The van der Waals surface area contributed by atoms with Crippen LogP contribution in [0.15, 0.2) is 0 Å². The highest BCUT2D eigenvalue weighted by atomic mass is 16.6. The van der Waals surface area contributed by atoms with Gasteiger partial charge >= 0.3 is 12.2 Å². The molecule has 0 aliphatic carbocycles. The Morgan fingerprint density at radius 1 is 0.682 bits per heavy atom. The molecule has 4 N–H and O–H groups in total. The standard InChI is InChI=1S/C14H28N2O6/c17-9-5-11-21-13(19)15-7-3-1-2-4-8-16-14(20)22-12-6-10-18/h17-18H,1-12H2,(H,15,19)(H,16,20). The highest BCUT2D eigenvalue weighted by Crippen LogP contribution is 1.98. The molecule has 0 spiro atoms. The summed E-state index contributed by atoms with van der Waals surface area (Å²) >= 11 is 0. The molecule has 0 heterocycles. The third kappa shape index (κ3) is 14.9. The SMILES string of the molecule is O=C(NCCCCCCNC(=O)OCCCO)OCCCO. The Hall–Kier alpha value is -1.54. The van der Waals surface area contributed by atoms with Crippen molar-refractivity contribution in [2.24, 2.45) is 0 Å². The first-order valence-electron chi connectivity index (χ1n) is 7.73. The molecular formula is C14H28N2O6. The van der Waals surface area contributed by atoms with Crippen LogP contribution in [0.2, 0.25) is 0 Å². The van der Waals surface area contributed by atoms with E-state index in [1.54, 1.807) is 0 Å². The van der Waals surface area contributed by atoms with E-state index in [9.17, 15) is 9.59 Å². The molecule has 0 aliphatic heterocycles. The molecule has 0 aliphatic rings. The van der Waals surface area contributed by atoms with Gasteiger partial charge in [-0.15, -0.1) is 0 Å². The van der Waals surface area contributed by atoms with Gasteiger partial charge in [0, 0.05) is 39.1 Å².